The third-order valence-corrected chi connectivity index (χ3v) is 8.00. The van der Waals surface area contributed by atoms with Crippen LogP contribution in [0.2, 0.25) is 0 Å². The number of benzene rings is 1. The van der Waals surface area contributed by atoms with Crippen LogP contribution in [-0.2, 0) is 24.7 Å². The van der Waals surface area contributed by atoms with E-state index in [2.05, 4.69) is 33.2 Å². The lowest BCUT2D eigenvalue weighted by atomic mass is 9.86. The first-order valence-electron chi connectivity index (χ1n) is 10.8. The number of aromatic nitrogens is 3. The summed E-state index contributed by atoms with van der Waals surface area (Å²) in [5, 5.41) is 22.0. The number of thiophene rings is 1. The van der Waals surface area contributed by atoms with Crippen molar-refractivity contribution >= 4 is 34.0 Å². The van der Waals surface area contributed by atoms with Crippen molar-refractivity contribution in [3.63, 3.8) is 0 Å². The van der Waals surface area contributed by atoms with Gasteiger partial charge in [-0.3, -0.25) is 4.79 Å². The average molecular weight is 504 g/mol. The second-order valence-electron chi connectivity index (χ2n) is 7.94. The molecule has 1 aliphatic carbocycles. The van der Waals surface area contributed by atoms with Gasteiger partial charge in [-0.15, -0.1) is 21.5 Å². The number of hydrogen-bond donors (Lipinski definition) is 1. The fourth-order valence-corrected chi connectivity index (χ4v) is 6.02. The Hall–Kier alpha value is -2.97. The van der Waals surface area contributed by atoms with Crippen molar-refractivity contribution in [3.8, 4) is 23.2 Å². The number of fused-ring (bicyclic) bond motifs is 1. The molecule has 0 spiro atoms. The number of amides is 1. The molecule has 0 radical (unpaired) electrons. The highest BCUT2D eigenvalue weighted by atomic mass is 32.2. The van der Waals surface area contributed by atoms with Crippen molar-refractivity contribution in [2.45, 2.75) is 44.4 Å². The van der Waals surface area contributed by atoms with Crippen LogP contribution in [0.4, 0.5) is 13.8 Å². The molecule has 3 aromatic rings. The molecule has 7 nitrogen and oxygen atoms in total. The molecule has 2 aromatic heterocycles. The van der Waals surface area contributed by atoms with Gasteiger partial charge in [0.25, 0.3) is 0 Å². The number of alkyl halides is 2. The lowest BCUT2D eigenvalue weighted by Crippen LogP contribution is -2.14. The zero-order chi connectivity index (χ0) is 24.2. The third kappa shape index (κ3) is 5.23. The monoisotopic (exact) mass is 503 g/mol. The quantitative estimate of drug-likeness (QED) is 0.422. The van der Waals surface area contributed by atoms with Crippen molar-refractivity contribution in [2.75, 3.05) is 11.1 Å². The number of anilines is 1. The first kappa shape index (κ1) is 24.2. The number of rotatable bonds is 8. The van der Waals surface area contributed by atoms with Gasteiger partial charge in [0.1, 0.15) is 16.8 Å². The van der Waals surface area contributed by atoms with Crippen LogP contribution in [0.5, 0.6) is 5.75 Å². The maximum Gasteiger partial charge on any atom is 0.387 e. The number of hydrogen-bond acceptors (Lipinski definition) is 7. The summed E-state index contributed by atoms with van der Waals surface area (Å²) in [5.74, 6) is 1.12. The van der Waals surface area contributed by atoms with Gasteiger partial charge in [-0.05, 0) is 55.0 Å². The van der Waals surface area contributed by atoms with Crippen molar-refractivity contribution in [1.82, 2.24) is 14.8 Å². The summed E-state index contributed by atoms with van der Waals surface area (Å²) in [6.07, 6.45) is 4.04. The van der Waals surface area contributed by atoms with Crippen molar-refractivity contribution in [1.29, 1.82) is 5.26 Å². The SMILES string of the molecule is CCC1CCc2c(sc(NC(=O)CSc3nnc(-c4ccc(OC(F)F)cc4)n3C)c2C#N)C1. The molecule has 34 heavy (non-hydrogen) atoms. The third-order valence-electron chi connectivity index (χ3n) is 5.81. The topological polar surface area (TPSA) is 92.8 Å². The van der Waals surface area contributed by atoms with E-state index in [4.69, 9.17) is 0 Å². The first-order valence-corrected chi connectivity index (χ1v) is 12.6. The largest absolute Gasteiger partial charge is 0.435 e. The van der Waals surface area contributed by atoms with E-state index in [9.17, 15) is 18.8 Å². The molecule has 1 atom stereocenters. The molecule has 178 valence electrons. The summed E-state index contributed by atoms with van der Waals surface area (Å²) in [6.45, 7) is -0.699. The molecule has 1 aromatic carbocycles. The molecular weight excluding hydrogens is 480 g/mol. The summed E-state index contributed by atoms with van der Waals surface area (Å²) < 4.78 is 30.8. The van der Waals surface area contributed by atoms with Crippen LogP contribution in [-0.4, -0.2) is 33.0 Å². The molecule has 0 bridgehead atoms. The molecule has 0 aliphatic heterocycles. The van der Waals surface area contributed by atoms with E-state index in [1.54, 1.807) is 23.7 Å². The predicted molar refractivity (Wildman–Crippen MR) is 127 cm³/mol. The van der Waals surface area contributed by atoms with Crippen LogP contribution in [0.25, 0.3) is 11.4 Å². The predicted octanol–water partition coefficient (Wildman–Crippen LogP) is 5.26. The average Bonchev–Trinajstić information content (AvgIpc) is 3.36. The summed E-state index contributed by atoms with van der Waals surface area (Å²) in [6, 6.07) is 8.38. The number of nitriles is 1. The number of nitrogens with one attached hydrogen (secondary N) is 1. The summed E-state index contributed by atoms with van der Waals surface area (Å²) in [4.78, 5) is 13.8. The van der Waals surface area contributed by atoms with Crippen LogP contribution in [0.15, 0.2) is 29.4 Å². The van der Waals surface area contributed by atoms with Gasteiger partial charge in [-0.1, -0.05) is 25.1 Å². The summed E-state index contributed by atoms with van der Waals surface area (Å²) >= 11 is 2.74. The minimum absolute atomic E-state index is 0.0596. The Morgan fingerprint density at radius 1 is 1.38 bits per heavy atom. The Kier molecular flexibility index (Phi) is 7.48. The van der Waals surface area contributed by atoms with Gasteiger partial charge in [0.2, 0.25) is 5.91 Å². The number of nitrogens with zero attached hydrogens (tertiary/aromatic N) is 4. The molecule has 2 heterocycles. The highest BCUT2D eigenvalue weighted by molar-refractivity contribution is 7.99. The Morgan fingerprint density at radius 2 is 2.15 bits per heavy atom. The Labute approximate surface area is 204 Å². The molecule has 11 heteroatoms. The zero-order valence-corrected chi connectivity index (χ0v) is 20.3. The number of carbonyl (C=O) groups is 1. The molecule has 1 amide bonds. The zero-order valence-electron chi connectivity index (χ0n) is 18.7. The second kappa shape index (κ2) is 10.5. The van der Waals surface area contributed by atoms with Gasteiger partial charge in [0.15, 0.2) is 11.0 Å². The van der Waals surface area contributed by atoms with E-state index in [-0.39, 0.29) is 17.4 Å². The fourth-order valence-electron chi connectivity index (χ4n) is 3.98. The number of halogens is 2. The molecule has 1 unspecified atom stereocenters. The Morgan fingerprint density at radius 3 is 2.82 bits per heavy atom. The van der Waals surface area contributed by atoms with Gasteiger partial charge < -0.3 is 14.6 Å². The first-order chi connectivity index (χ1) is 16.4. The minimum atomic E-state index is -2.88. The maximum atomic E-state index is 12.6. The van der Waals surface area contributed by atoms with E-state index >= 15 is 0 Å². The number of ether oxygens (including phenoxy) is 1. The Balaban J connectivity index is 1.39. The Bertz CT molecular complexity index is 1220. The molecule has 0 saturated carbocycles. The van der Waals surface area contributed by atoms with Gasteiger partial charge in [0, 0.05) is 17.5 Å². The lowest BCUT2D eigenvalue weighted by Gasteiger charge is -2.20. The standard InChI is InChI=1S/C23H23F2N5O2S2/c1-3-13-4-9-16-17(11-26)21(34-18(16)10-13)27-19(31)12-33-23-29-28-20(30(23)2)14-5-7-15(8-6-14)32-22(24)25/h5-8,13,22H,3-4,9-10,12H2,1-2H3,(H,27,31). The molecule has 0 fully saturated rings. The van der Waals surface area contributed by atoms with E-state index in [1.807, 2.05) is 0 Å². The van der Waals surface area contributed by atoms with Gasteiger partial charge >= 0.3 is 6.61 Å². The van der Waals surface area contributed by atoms with Crippen LogP contribution in [0.1, 0.15) is 35.8 Å². The van der Waals surface area contributed by atoms with E-state index < -0.39 is 6.61 Å². The normalized spacial score (nSPS) is 15.1. The van der Waals surface area contributed by atoms with Gasteiger partial charge in [-0.25, -0.2) is 0 Å². The van der Waals surface area contributed by atoms with Crippen LogP contribution < -0.4 is 10.1 Å². The maximum absolute atomic E-state index is 12.6. The highest BCUT2D eigenvalue weighted by Gasteiger charge is 2.26. The van der Waals surface area contributed by atoms with Gasteiger partial charge in [0.05, 0.1) is 11.3 Å². The minimum Gasteiger partial charge on any atom is -0.435 e. The highest BCUT2D eigenvalue weighted by Crippen LogP contribution is 2.40. The van der Waals surface area contributed by atoms with Crippen LogP contribution in [0.3, 0.4) is 0 Å². The number of carbonyl (C=O) groups excluding carboxylic acids is 1. The molecule has 4 rings (SSSR count). The van der Waals surface area contributed by atoms with Crippen LogP contribution in [0, 0.1) is 17.2 Å². The smallest absolute Gasteiger partial charge is 0.387 e. The van der Waals surface area contributed by atoms with Gasteiger partial charge in [-0.2, -0.15) is 14.0 Å². The van der Waals surface area contributed by atoms with Crippen molar-refractivity contribution in [2.24, 2.45) is 13.0 Å². The lowest BCUT2D eigenvalue weighted by molar-refractivity contribution is -0.113. The van der Waals surface area contributed by atoms with E-state index in [0.29, 0.717) is 33.0 Å². The fraction of sp³-hybridized carbons (Fsp3) is 0.391. The molecular formula is C23H23F2N5O2S2. The molecule has 0 saturated heterocycles. The van der Waals surface area contributed by atoms with Crippen molar-refractivity contribution < 1.29 is 18.3 Å². The summed E-state index contributed by atoms with van der Waals surface area (Å²) in [7, 11) is 1.77. The van der Waals surface area contributed by atoms with E-state index in [1.165, 1.54) is 40.1 Å². The number of thioether (sulfide) groups is 1. The summed E-state index contributed by atoms with van der Waals surface area (Å²) in [5.41, 5.74) is 2.36. The molecule has 1 N–H and O–H groups in total. The second-order valence-corrected chi connectivity index (χ2v) is 9.99. The molecule has 1 aliphatic rings. The van der Waals surface area contributed by atoms with E-state index in [0.717, 1.165) is 31.2 Å². The van der Waals surface area contributed by atoms with Crippen molar-refractivity contribution in [3.05, 3.63) is 40.3 Å². The van der Waals surface area contributed by atoms with Crippen LogP contribution >= 0.6 is 23.1 Å².